The third-order valence-corrected chi connectivity index (χ3v) is 2.05. The van der Waals surface area contributed by atoms with Crippen molar-refractivity contribution >= 4 is 22.8 Å². The van der Waals surface area contributed by atoms with Gasteiger partial charge in [0.05, 0.1) is 10.9 Å². The van der Waals surface area contributed by atoms with E-state index in [1.165, 1.54) is 6.33 Å². The van der Waals surface area contributed by atoms with E-state index in [-0.39, 0.29) is 5.82 Å². The van der Waals surface area contributed by atoms with Crippen LogP contribution >= 0.6 is 0 Å². The number of carbonyl (C=O) groups is 1. The molecule has 2 aromatic heterocycles. The number of primary amides is 1. The first-order valence-electron chi connectivity index (χ1n) is 3.96. The zero-order chi connectivity index (χ0) is 10.3. The number of rotatable bonds is 1. The molecule has 0 atom stereocenters. The van der Waals surface area contributed by atoms with Crippen LogP contribution in [0.5, 0.6) is 0 Å². The number of nitrogens with two attached hydrogens (primary N) is 2. The van der Waals surface area contributed by atoms with Gasteiger partial charge in [-0.15, -0.1) is 0 Å². The Morgan fingerprint density at radius 1 is 1.50 bits per heavy atom. The SMILES string of the molecule is Cn1cc(C(N)=O)c2c(N)ncnc21. The molecule has 0 spiro atoms. The van der Waals surface area contributed by atoms with E-state index in [1.54, 1.807) is 17.8 Å². The molecule has 0 aromatic carbocycles. The summed E-state index contributed by atoms with van der Waals surface area (Å²) in [5, 5.41) is 0.516. The molecule has 0 unspecified atom stereocenters. The quantitative estimate of drug-likeness (QED) is 0.643. The lowest BCUT2D eigenvalue weighted by Gasteiger charge is -1.96. The molecule has 0 aliphatic heterocycles. The van der Waals surface area contributed by atoms with Crippen molar-refractivity contribution in [2.24, 2.45) is 12.8 Å². The average molecular weight is 191 g/mol. The van der Waals surface area contributed by atoms with Crippen molar-refractivity contribution in [2.75, 3.05) is 5.73 Å². The topological polar surface area (TPSA) is 99.8 Å². The van der Waals surface area contributed by atoms with Crippen LogP contribution in [-0.4, -0.2) is 20.4 Å². The number of hydrogen-bond donors (Lipinski definition) is 2. The van der Waals surface area contributed by atoms with E-state index in [0.717, 1.165) is 0 Å². The van der Waals surface area contributed by atoms with Gasteiger partial charge in [0.2, 0.25) is 0 Å². The first-order chi connectivity index (χ1) is 6.61. The minimum Gasteiger partial charge on any atom is -0.383 e. The standard InChI is InChI=1S/C8H9N5O/c1-13-2-4(7(10)14)5-6(9)11-3-12-8(5)13/h2-3H,1H3,(H2,10,14)(H2,9,11,12). The Labute approximate surface area is 79.5 Å². The van der Waals surface area contributed by atoms with Crippen LogP contribution in [0.2, 0.25) is 0 Å². The van der Waals surface area contributed by atoms with E-state index < -0.39 is 5.91 Å². The van der Waals surface area contributed by atoms with Gasteiger partial charge in [0.1, 0.15) is 17.8 Å². The predicted octanol–water partition coefficient (Wildman–Crippen LogP) is -0.351. The molecule has 2 rings (SSSR count). The molecule has 1 amide bonds. The van der Waals surface area contributed by atoms with Crippen LogP contribution in [0.1, 0.15) is 10.4 Å². The minimum atomic E-state index is -0.530. The van der Waals surface area contributed by atoms with Gasteiger partial charge >= 0.3 is 0 Å². The zero-order valence-electron chi connectivity index (χ0n) is 7.56. The summed E-state index contributed by atoms with van der Waals surface area (Å²) in [6.07, 6.45) is 2.94. The van der Waals surface area contributed by atoms with Gasteiger partial charge in [-0.3, -0.25) is 4.79 Å². The normalized spacial score (nSPS) is 10.6. The molecule has 0 aliphatic carbocycles. The maximum atomic E-state index is 11.1. The van der Waals surface area contributed by atoms with Crippen LogP contribution in [0.3, 0.4) is 0 Å². The molecule has 0 saturated heterocycles. The molecular formula is C8H9N5O. The van der Waals surface area contributed by atoms with Crippen LogP contribution in [0.4, 0.5) is 5.82 Å². The molecule has 0 fully saturated rings. The summed E-state index contributed by atoms with van der Waals surface area (Å²) >= 11 is 0. The summed E-state index contributed by atoms with van der Waals surface area (Å²) in [6, 6.07) is 0. The number of anilines is 1. The molecule has 4 N–H and O–H groups in total. The monoisotopic (exact) mass is 191 g/mol. The van der Waals surface area contributed by atoms with Crippen LogP contribution in [0, 0.1) is 0 Å². The van der Waals surface area contributed by atoms with Gasteiger partial charge in [-0.05, 0) is 0 Å². The predicted molar refractivity (Wildman–Crippen MR) is 51.4 cm³/mol. The van der Waals surface area contributed by atoms with Crippen molar-refractivity contribution in [2.45, 2.75) is 0 Å². The lowest BCUT2D eigenvalue weighted by atomic mass is 10.2. The summed E-state index contributed by atoms with van der Waals surface area (Å²) in [5.74, 6) is -0.262. The molecule has 0 radical (unpaired) electrons. The summed E-state index contributed by atoms with van der Waals surface area (Å²) < 4.78 is 1.69. The summed E-state index contributed by atoms with van der Waals surface area (Å²) in [5.41, 5.74) is 11.8. The van der Waals surface area contributed by atoms with Crippen molar-refractivity contribution in [1.29, 1.82) is 0 Å². The highest BCUT2D eigenvalue weighted by molar-refractivity contribution is 6.08. The molecular weight excluding hydrogens is 182 g/mol. The number of nitrogen functional groups attached to an aromatic ring is 1. The van der Waals surface area contributed by atoms with E-state index in [0.29, 0.717) is 16.6 Å². The Kier molecular flexibility index (Phi) is 1.63. The van der Waals surface area contributed by atoms with Gasteiger partial charge in [0.15, 0.2) is 0 Å². The Morgan fingerprint density at radius 2 is 2.21 bits per heavy atom. The number of carbonyl (C=O) groups excluding carboxylic acids is 1. The largest absolute Gasteiger partial charge is 0.383 e. The van der Waals surface area contributed by atoms with Crippen LogP contribution in [0.25, 0.3) is 11.0 Å². The molecule has 0 saturated carbocycles. The van der Waals surface area contributed by atoms with E-state index in [2.05, 4.69) is 9.97 Å². The third kappa shape index (κ3) is 1.00. The van der Waals surface area contributed by atoms with Gasteiger partial charge < -0.3 is 16.0 Å². The maximum absolute atomic E-state index is 11.1. The van der Waals surface area contributed by atoms with E-state index in [9.17, 15) is 4.79 Å². The number of fused-ring (bicyclic) bond motifs is 1. The van der Waals surface area contributed by atoms with Gasteiger partial charge in [-0.25, -0.2) is 9.97 Å². The zero-order valence-corrected chi connectivity index (χ0v) is 7.56. The second-order valence-corrected chi connectivity index (χ2v) is 2.98. The fourth-order valence-electron chi connectivity index (χ4n) is 1.42. The number of amides is 1. The van der Waals surface area contributed by atoms with Crippen LogP contribution in [0.15, 0.2) is 12.5 Å². The number of aryl methyl sites for hydroxylation is 1. The highest BCUT2D eigenvalue weighted by Gasteiger charge is 2.14. The third-order valence-electron chi connectivity index (χ3n) is 2.05. The van der Waals surface area contributed by atoms with Crippen molar-refractivity contribution in [3.05, 3.63) is 18.1 Å². The molecule has 6 heteroatoms. The molecule has 0 aliphatic rings. The van der Waals surface area contributed by atoms with Gasteiger partial charge in [-0.1, -0.05) is 0 Å². The first kappa shape index (κ1) is 8.49. The second-order valence-electron chi connectivity index (χ2n) is 2.98. The van der Waals surface area contributed by atoms with Crippen molar-refractivity contribution in [1.82, 2.24) is 14.5 Å². The van der Waals surface area contributed by atoms with Crippen LogP contribution < -0.4 is 11.5 Å². The smallest absolute Gasteiger partial charge is 0.251 e. The molecule has 2 heterocycles. The Morgan fingerprint density at radius 3 is 2.86 bits per heavy atom. The van der Waals surface area contributed by atoms with Gasteiger partial charge in [0.25, 0.3) is 5.91 Å². The highest BCUT2D eigenvalue weighted by Crippen LogP contribution is 2.21. The first-order valence-corrected chi connectivity index (χ1v) is 3.96. The molecule has 6 nitrogen and oxygen atoms in total. The summed E-state index contributed by atoms with van der Waals surface area (Å²) in [4.78, 5) is 18.9. The Balaban J connectivity index is 2.93. The van der Waals surface area contributed by atoms with Gasteiger partial charge in [0, 0.05) is 13.2 Å². The fourth-order valence-corrected chi connectivity index (χ4v) is 1.42. The van der Waals surface area contributed by atoms with Gasteiger partial charge in [-0.2, -0.15) is 0 Å². The molecule has 0 bridgehead atoms. The lowest BCUT2D eigenvalue weighted by molar-refractivity contribution is 0.100. The minimum absolute atomic E-state index is 0.268. The van der Waals surface area contributed by atoms with E-state index >= 15 is 0 Å². The van der Waals surface area contributed by atoms with Crippen molar-refractivity contribution in [3.63, 3.8) is 0 Å². The maximum Gasteiger partial charge on any atom is 0.251 e. The molecule has 72 valence electrons. The average Bonchev–Trinajstić information content (AvgIpc) is 2.46. The summed E-state index contributed by atoms with van der Waals surface area (Å²) in [6.45, 7) is 0. The van der Waals surface area contributed by atoms with E-state index in [1.807, 2.05) is 0 Å². The van der Waals surface area contributed by atoms with E-state index in [4.69, 9.17) is 11.5 Å². The van der Waals surface area contributed by atoms with Crippen molar-refractivity contribution in [3.8, 4) is 0 Å². The van der Waals surface area contributed by atoms with Crippen molar-refractivity contribution < 1.29 is 4.79 Å². The Hall–Kier alpha value is -2.11. The van der Waals surface area contributed by atoms with Crippen LogP contribution in [-0.2, 0) is 7.05 Å². The molecule has 14 heavy (non-hydrogen) atoms. The highest BCUT2D eigenvalue weighted by atomic mass is 16.1. The fraction of sp³-hybridized carbons (Fsp3) is 0.125. The lowest BCUT2D eigenvalue weighted by Crippen LogP contribution is -2.10. The molecule has 2 aromatic rings. The number of nitrogens with zero attached hydrogens (tertiary/aromatic N) is 3. The Bertz CT molecular complexity index is 516. The second kappa shape index (κ2) is 2.69. The number of hydrogen-bond acceptors (Lipinski definition) is 4. The number of aromatic nitrogens is 3. The summed E-state index contributed by atoms with van der Waals surface area (Å²) in [7, 11) is 1.77.